The Bertz CT molecular complexity index is 606. The summed E-state index contributed by atoms with van der Waals surface area (Å²) < 4.78 is 16.2. The molecule has 1 heterocycles. The van der Waals surface area contributed by atoms with E-state index < -0.39 is 0 Å². The number of ether oxygens (including phenoxy) is 3. The van der Waals surface area contributed by atoms with Crippen molar-refractivity contribution in [1.29, 1.82) is 0 Å². The van der Waals surface area contributed by atoms with E-state index in [1.165, 1.54) is 0 Å². The maximum atomic E-state index is 12.0. The summed E-state index contributed by atoms with van der Waals surface area (Å²) in [5, 5.41) is 0. The van der Waals surface area contributed by atoms with Gasteiger partial charge in [0, 0.05) is 13.1 Å². The molecule has 0 spiro atoms. The molecule has 5 heteroatoms. The third kappa shape index (κ3) is 3.77. The quantitative estimate of drug-likeness (QED) is 0.872. The van der Waals surface area contributed by atoms with Gasteiger partial charge in [-0.15, -0.1) is 0 Å². The minimum absolute atomic E-state index is 0.347. The molecule has 3 rings (SSSR count). The summed E-state index contributed by atoms with van der Waals surface area (Å²) >= 11 is 0. The molecule has 2 aromatic carbocycles. The molecule has 114 valence electrons. The van der Waals surface area contributed by atoms with E-state index in [9.17, 15) is 4.79 Å². The predicted molar refractivity (Wildman–Crippen MR) is 81.4 cm³/mol. The highest BCUT2D eigenvalue weighted by atomic mass is 16.6. The highest BCUT2D eigenvalue weighted by molar-refractivity contribution is 5.70. The minimum Gasteiger partial charge on any atom is -0.457 e. The van der Waals surface area contributed by atoms with Crippen LogP contribution in [0.4, 0.5) is 4.79 Å². The van der Waals surface area contributed by atoms with E-state index in [0.717, 1.165) is 5.75 Å². The first kappa shape index (κ1) is 14.4. The summed E-state index contributed by atoms with van der Waals surface area (Å²) in [5.74, 6) is 1.95. The number of carbonyl (C=O) groups excluding carboxylic acids is 1. The summed E-state index contributed by atoms with van der Waals surface area (Å²) in [5.41, 5.74) is 0. The van der Waals surface area contributed by atoms with Crippen LogP contribution in [0.5, 0.6) is 17.2 Å². The fourth-order valence-corrected chi connectivity index (χ4v) is 2.11. The Morgan fingerprint density at radius 2 is 1.45 bits per heavy atom. The van der Waals surface area contributed by atoms with Gasteiger partial charge in [-0.1, -0.05) is 18.2 Å². The number of carbonyl (C=O) groups is 1. The van der Waals surface area contributed by atoms with Gasteiger partial charge in [-0.25, -0.2) is 4.79 Å². The first-order valence-corrected chi connectivity index (χ1v) is 7.19. The number of morpholine rings is 1. The first-order valence-electron chi connectivity index (χ1n) is 7.19. The maximum Gasteiger partial charge on any atom is 0.415 e. The van der Waals surface area contributed by atoms with E-state index in [0.29, 0.717) is 37.8 Å². The molecule has 1 aliphatic heterocycles. The molecular formula is C17H17NO4. The van der Waals surface area contributed by atoms with E-state index in [1.54, 1.807) is 29.2 Å². The van der Waals surface area contributed by atoms with Crippen LogP contribution in [0.2, 0.25) is 0 Å². The Morgan fingerprint density at radius 3 is 2.14 bits per heavy atom. The van der Waals surface area contributed by atoms with E-state index in [1.807, 2.05) is 30.3 Å². The highest BCUT2D eigenvalue weighted by Crippen LogP contribution is 2.23. The molecule has 1 fully saturated rings. The van der Waals surface area contributed by atoms with Crippen molar-refractivity contribution in [2.45, 2.75) is 0 Å². The SMILES string of the molecule is O=C(Oc1ccc(Oc2ccccc2)cc1)N1CCOCC1. The van der Waals surface area contributed by atoms with Gasteiger partial charge in [-0.3, -0.25) is 0 Å². The van der Waals surface area contributed by atoms with Gasteiger partial charge in [0.25, 0.3) is 0 Å². The van der Waals surface area contributed by atoms with Gasteiger partial charge in [0.2, 0.25) is 0 Å². The van der Waals surface area contributed by atoms with Crippen molar-refractivity contribution in [3.05, 3.63) is 54.6 Å². The van der Waals surface area contributed by atoms with Crippen LogP contribution in [0, 0.1) is 0 Å². The summed E-state index contributed by atoms with van der Waals surface area (Å²) in [4.78, 5) is 13.6. The van der Waals surface area contributed by atoms with Gasteiger partial charge in [0.1, 0.15) is 17.2 Å². The predicted octanol–water partition coefficient (Wildman–Crippen LogP) is 3.31. The van der Waals surface area contributed by atoms with E-state index in [4.69, 9.17) is 14.2 Å². The number of amides is 1. The standard InChI is InChI=1S/C17H17NO4/c19-17(18-10-12-20-13-11-18)22-16-8-6-15(7-9-16)21-14-4-2-1-3-5-14/h1-9H,10-13H2. The van der Waals surface area contributed by atoms with Gasteiger partial charge in [0.05, 0.1) is 13.2 Å². The first-order chi connectivity index (χ1) is 10.8. The molecule has 0 saturated carbocycles. The summed E-state index contributed by atoms with van der Waals surface area (Å²) in [6.45, 7) is 2.24. The normalized spacial score (nSPS) is 14.5. The van der Waals surface area contributed by atoms with Gasteiger partial charge in [0.15, 0.2) is 0 Å². The molecule has 1 aliphatic rings. The van der Waals surface area contributed by atoms with Gasteiger partial charge >= 0.3 is 6.09 Å². The third-order valence-electron chi connectivity index (χ3n) is 3.28. The molecule has 1 amide bonds. The molecule has 0 radical (unpaired) electrons. The fourth-order valence-electron chi connectivity index (χ4n) is 2.11. The van der Waals surface area contributed by atoms with E-state index in [2.05, 4.69) is 0 Å². The van der Waals surface area contributed by atoms with Crippen LogP contribution in [0.15, 0.2) is 54.6 Å². The molecule has 0 N–H and O–H groups in total. The summed E-state index contributed by atoms with van der Waals surface area (Å²) in [6.07, 6.45) is -0.347. The van der Waals surface area contributed by atoms with Crippen molar-refractivity contribution < 1.29 is 19.0 Å². The van der Waals surface area contributed by atoms with Crippen molar-refractivity contribution in [2.24, 2.45) is 0 Å². The van der Waals surface area contributed by atoms with Crippen molar-refractivity contribution >= 4 is 6.09 Å². The van der Waals surface area contributed by atoms with Crippen molar-refractivity contribution in [3.63, 3.8) is 0 Å². The van der Waals surface area contributed by atoms with Crippen molar-refractivity contribution in [1.82, 2.24) is 4.90 Å². The van der Waals surface area contributed by atoms with Gasteiger partial charge in [-0.05, 0) is 36.4 Å². The molecule has 2 aromatic rings. The Labute approximate surface area is 129 Å². The zero-order valence-corrected chi connectivity index (χ0v) is 12.1. The highest BCUT2D eigenvalue weighted by Gasteiger charge is 2.18. The topological polar surface area (TPSA) is 48.0 Å². The van der Waals surface area contributed by atoms with Crippen LogP contribution in [-0.2, 0) is 4.74 Å². The average Bonchev–Trinajstić information content (AvgIpc) is 2.58. The Morgan fingerprint density at radius 1 is 0.864 bits per heavy atom. The lowest BCUT2D eigenvalue weighted by molar-refractivity contribution is 0.0416. The zero-order valence-electron chi connectivity index (χ0n) is 12.1. The minimum atomic E-state index is -0.347. The third-order valence-corrected chi connectivity index (χ3v) is 3.28. The molecule has 22 heavy (non-hydrogen) atoms. The van der Waals surface area contributed by atoms with Crippen LogP contribution in [0.1, 0.15) is 0 Å². The van der Waals surface area contributed by atoms with Crippen LogP contribution in [-0.4, -0.2) is 37.3 Å². The number of nitrogens with zero attached hydrogens (tertiary/aromatic N) is 1. The Balaban J connectivity index is 1.58. The maximum absolute atomic E-state index is 12.0. The molecular weight excluding hydrogens is 282 g/mol. The number of rotatable bonds is 3. The smallest absolute Gasteiger partial charge is 0.415 e. The second-order valence-corrected chi connectivity index (χ2v) is 4.85. The number of hydrogen-bond acceptors (Lipinski definition) is 4. The summed E-state index contributed by atoms with van der Waals surface area (Å²) in [6, 6.07) is 16.5. The number of benzene rings is 2. The largest absolute Gasteiger partial charge is 0.457 e. The lowest BCUT2D eigenvalue weighted by atomic mass is 10.3. The van der Waals surface area contributed by atoms with E-state index >= 15 is 0 Å². The molecule has 1 saturated heterocycles. The molecule has 5 nitrogen and oxygen atoms in total. The lowest BCUT2D eigenvalue weighted by Gasteiger charge is -2.25. The second-order valence-electron chi connectivity index (χ2n) is 4.85. The van der Waals surface area contributed by atoms with Gasteiger partial charge < -0.3 is 19.1 Å². The van der Waals surface area contributed by atoms with Gasteiger partial charge in [-0.2, -0.15) is 0 Å². The lowest BCUT2D eigenvalue weighted by Crippen LogP contribution is -2.42. The molecule has 0 aromatic heterocycles. The molecule has 0 atom stereocenters. The van der Waals surface area contributed by atoms with Crippen LogP contribution in [0.3, 0.4) is 0 Å². The molecule has 0 aliphatic carbocycles. The van der Waals surface area contributed by atoms with Crippen molar-refractivity contribution in [3.8, 4) is 17.2 Å². The molecule has 0 bridgehead atoms. The number of para-hydroxylation sites is 1. The average molecular weight is 299 g/mol. The van der Waals surface area contributed by atoms with Crippen LogP contribution < -0.4 is 9.47 Å². The van der Waals surface area contributed by atoms with Crippen molar-refractivity contribution in [2.75, 3.05) is 26.3 Å². The van der Waals surface area contributed by atoms with Crippen LogP contribution >= 0.6 is 0 Å². The zero-order chi connectivity index (χ0) is 15.2. The monoisotopic (exact) mass is 299 g/mol. The molecule has 0 unspecified atom stereocenters. The Kier molecular flexibility index (Phi) is 4.56. The fraction of sp³-hybridized carbons (Fsp3) is 0.235. The Hall–Kier alpha value is -2.53. The number of hydrogen-bond donors (Lipinski definition) is 0. The second kappa shape index (κ2) is 6.95. The van der Waals surface area contributed by atoms with Crippen LogP contribution in [0.25, 0.3) is 0 Å². The van der Waals surface area contributed by atoms with E-state index in [-0.39, 0.29) is 6.09 Å². The summed E-state index contributed by atoms with van der Waals surface area (Å²) in [7, 11) is 0.